The number of hydrogen-bond acceptors (Lipinski definition) is 3. The van der Waals surface area contributed by atoms with Gasteiger partial charge in [-0.15, -0.1) is 0 Å². The maximum Gasteiger partial charge on any atom is 0.416 e. The first-order valence-corrected chi connectivity index (χ1v) is 6.06. The van der Waals surface area contributed by atoms with Crippen molar-refractivity contribution in [3.63, 3.8) is 0 Å². The molecule has 5 nitrogen and oxygen atoms in total. The average molecular weight is 304 g/mol. The molecule has 3 N–H and O–H groups in total. The number of carbonyl (C=O) groups excluding carboxylic acids is 2. The molecular formula is C13H15F3N2O3. The van der Waals surface area contributed by atoms with E-state index in [4.69, 9.17) is 0 Å². The Labute approximate surface area is 119 Å². The van der Waals surface area contributed by atoms with E-state index in [-0.39, 0.29) is 24.6 Å². The van der Waals surface area contributed by atoms with Gasteiger partial charge in [-0.2, -0.15) is 13.2 Å². The van der Waals surface area contributed by atoms with Crippen LogP contribution in [0.3, 0.4) is 0 Å². The number of carbonyl (C=O) groups is 2. The Bertz CT molecular complexity index is 518. The molecule has 1 atom stereocenters. The minimum atomic E-state index is -4.50. The van der Waals surface area contributed by atoms with E-state index in [2.05, 4.69) is 10.6 Å². The third-order valence-electron chi connectivity index (χ3n) is 2.59. The molecular weight excluding hydrogens is 289 g/mol. The van der Waals surface area contributed by atoms with Gasteiger partial charge in [-0.25, -0.2) is 0 Å². The van der Waals surface area contributed by atoms with Crippen molar-refractivity contribution >= 4 is 11.8 Å². The lowest BCUT2D eigenvalue weighted by Gasteiger charge is -2.14. The van der Waals surface area contributed by atoms with Gasteiger partial charge >= 0.3 is 6.18 Å². The number of nitrogens with one attached hydrogen (secondary N) is 2. The van der Waals surface area contributed by atoms with Gasteiger partial charge in [0.2, 0.25) is 11.8 Å². The van der Waals surface area contributed by atoms with Gasteiger partial charge in [0.1, 0.15) is 0 Å². The molecule has 0 aliphatic rings. The summed E-state index contributed by atoms with van der Waals surface area (Å²) in [6.45, 7) is 0.731. The molecule has 8 heteroatoms. The smallest absolute Gasteiger partial charge is 0.387 e. The molecule has 21 heavy (non-hydrogen) atoms. The van der Waals surface area contributed by atoms with E-state index < -0.39 is 23.8 Å². The molecule has 0 fully saturated rings. The molecule has 1 aromatic carbocycles. The van der Waals surface area contributed by atoms with Crippen LogP contribution < -0.4 is 10.6 Å². The van der Waals surface area contributed by atoms with Crippen molar-refractivity contribution in [3.05, 3.63) is 35.4 Å². The van der Waals surface area contributed by atoms with E-state index in [0.29, 0.717) is 0 Å². The minimum Gasteiger partial charge on any atom is -0.387 e. The van der Waals surface area contributed by atoms with Gasteiger partial charge in [0.15, 0.2) is 0 Å². The van der Waals surface area contributed by atoms with Crippen molar-refractivity contribution in [2.75, 3.05) is 13.1 Å². The van der Waals surface area contributed by atoms with Crippen molar-refractivity contribution in [1.29, 1.82) is 0 Å². The van der Waals surface area contributed by atoms with Crippen molar-refractivity contribution in [3.8, 4) is 0 Å². The van der Waals surface area contributed by atoms with Crippen LogP contribution in [0.15, 0.2) is 24.3 Å². The molecule has 0 saturated heterocycles. The van der Waals surface area contributed by atoms with Crippen molar-refractivity contribution < 1.29 is 27.9 Å². The minimum absolute atomic E-state index is 0.0460. The van der Waals surface area contributed by atoms with Gasteiger partial charge in [-0.3, -0.25) is 9.59 Å². The Kier molecular flexibility index (Phi) is 5.71. The van der Waals surface area contributed by atoms with Crippen LogP contribution in [0.25, 0.3) is 0 Å². The van der Waals surface area contributed by atoms with Crippen LogP contribution in [0, 0.1) is 0 Å². The molecule has 0 aliphatic heterocycles. The van der Waals surface area contributed by atoms with E-state index in [1.807, 2.05) is 0 Å². The van der Waals surface area contributed by atoms with Crippen molar-refractivity contribution in [1.82, 2.24) is 10.6 Å². The van der Waals surface area contributed by atoms with Crippen molar-refractivity contribution in [2.24, 2.45) is 0 Å². The van der Waals surface area contributed by atoms with E-state index in [1.54, 1.807) is 0 Å². The fraction of sp³-hybridized carbons (Fsp3) is 0.385. The summed E-state index contributed by atoms with van der Waals surface area (Å²) < 4.78 is 37.6. The molecule has 0 spiro atoms. The Morgan fingerprint density at radius 3 is 2.52 bits per heavy atom. The molecule has 0 saturated carbocycles. The second kappa shape index (κ2) is 7.07. The van der Waals surface area contributed by atoms with Gasteiger partial charge in [0.25, 0.3) is 0 Å². The van der Waals surface area contributed by atoms with E-state index >= 15 is 0 Å². The lowest BCUT2D eigenvalue weighted by molar-refractivity contribution is -0.137. The normalized spacial score (nSPS) is 12.6. The molecule has 1 aromatic rings. The fourth-order valence-electron chi connectivity index (χ4n) is 1.52. The molecule has 1 rings (SSSR count). The summed E-state index contributed by atoms with van der Waals surface area (Å²) in [6.07, 6.45) is -5.77. The van der Waals surface area contributed by atoms with Crippen LogP contribution in [0.1, 0.15) is 24.2 Å². The highest BCUT2D eigenvalue weighted by Crippen LogP contribution is 2.30. The van der Waals surface area contributed by atoms with Crippen LogP contribution in [0.4, 0.5) is 13.2 Å². The lowest BCUT2D eigenvalue weighted by atomic mass is 10.1. The SMILES string of the molecule is CC(=O)NCC(=O)NCC(O)c1cccc(C(F)(F)F)c1. The zero-order valence-corrected chi connectivity index (χ0v) is 11.2. The molecule has 0 heterocycles. The first kappa shape index (κ1) is 17.0. The molecule has 0 radical (unpaired) electrons. The van der Waals surface area contributed by atoms with Crippen LogP contribution in [0.2, 0.25) is 0 Å². The topological polar surface area (TPSA) is 78.4 Å². The number of alkyl halides is 3. The zero-order chi connectivity index (χ0) is 16.0. The van der Waals surface area contributed by atoms with Gasteiger partial charge in [-0.1, -0.05) is 12.1 Å². The predicted molar refractivity (Wildman–Crippen MR) is 68.1 cm³/mol. The summed E-state index contributed by atoms with van der Waals surface area (Å²) in [4.78, 5) is 21.9. The summed E-state index contributed by atoms with van der Waals surface area (Å²) >= 11 is 0. The fourth-order valence-corrected chi connectivity index (χ4v) is 1.52. The summed E-state index contributed by atoms with van der Waals surface area (Å²) in [7, 11) is 0. The van der Waals surface area contributed by atoms with E-state index in [0.717, 1.165) is 12.1 Å². The number of benzene rings is 1. The Hall–Kier alpha value is -2.09. The molecule has 2 amide bonds. The van der Waals surface area contributed by atoms with Gasteiger partial charge < -0.3 is 15.7 Å². The Balaban J connectivity index is 2.58. The third-order valence-corrected chi connectivity index (χ3v) is 2.59. The number of hydrogen-bond donors (Lipinski definition) is 3. The summed E-state index contributed by atoms with van der Waals surface area (Å²) in [5.74, 6) is -0.931. The average Bonchev–Trinajstić information content (AvgIpc) is 2.41. The highest BCUT2D eigenvalue weighted by Gasteiger charge is 2.30. The molecule has 0 bridgehead atoms. The van der Waals surface area contributed by atoms with Crippen molar-refractivity contribution in [2.45, 2.75) is 19.2 Å². The summed E-state index contributed by atoms with van der Waals surface area (Å²) in [5.41, 5.74) is -0.826. The first-order valence-electron chi connectivity index (χ1n) is 6.06. The van der Waals surface area contributed by atoms with Crippen LogP contribution in [-0.4, -0.2) is 30.0 Å². The van der Waals surface area contributed by atoms with Gasteiger partial charge in [0, 0.05) is 13.5 Å². The second-order valence-electron chi connectivity index (χ2n) is 4.35. The Morgan fingerprint density at radius 2 is 1.95 bits per heavy atom. The molecule has 116 valence electrons. The maximum atomic E-state index is 12.5. The lowest BCUT2D eigenvalue weighted by Crippen LogP contribution is -2.37. The number of amides is 2. The highest BCUT2D eigenvalue weighted by atomic mass is 19.4. The van der Waals surface area contributed by atoms with E-state index in [9.17, 15) is 27.9 Å². The largest absolute Gasteiger partial charge is 0.416 e. The molecule has 1 unspecified atom stereocenters. The maximum absolute atomic E-state index is 12.5. The van der Waals surface area contributed by atoms with Crippen LogP contribution >= 0.6 is 0 Å². The Morgan fingerprint density at radius 1 is 1.29 bits per heavy atom. The predicted octanol–water partition coefficient (Wildman–Crippen LogP) is 0.991. The first-order chi connectivity index (χ1) is 9.70. The number of aliphatic hydroxyl groups is 1. The number of halogens is 3. The second-order valence-corrected chi connectivity index (χ2v) is 4.35. The molecule has 0 aromatic heterocycles. The zero-order valence-electron chi connectivity index (χ0n) is 11.2. The summed E-state index contributed by atoms with van der Waals surface area (Å²) in [5, 5.41) is 14.3. The monoisotopic (exact) mass is 304 g/mol. The summed E-state index contributed by atoms with van der Waals surface area (Å²) in [6, 6.07) is 4.23. The third kappa shape index (κ3) is 5.82. The standard InChI is InChI=1S/C13H15F3N2O3/c1-8(19)17-7-12(21)18-6-11(20)9-3-2-4-10(5-9)13(14,15)16/h2-5,11,20H,6-7H2,1H3,(H,17,19)(H,18,21). The van der Waals surface area contributed by atoms with Gasteiger partial charge in [0.05, 0.1) is 18.2 Å². The van der Waals surface area contributed by atoms with Crippen LogP contribution in [-0.2, 0) is 15.8 Å². The van der Waals surface area contributed by atoms with Crippen LogP contribution in [0.5, 0.6) is 0 Å². The quantitative estimate of drug-likeness (QED) is 0.759. The molecule has 0 aliphatic carbocycles. The number of aliphatic hydroxyl groups excluding tert-OH is 1. The van der Waals surface area contributed by atoms with E-state index in [1.165, 1.54) is 19.1 Å². The highest BCUT2D eigenvalue weighted by molar-refractivity contribution is 5.83. The van der Waals surface area contributed by atoms with Gasteiger partial charge in [-0.05, 0) is 17.7 Å². The number of rotatable bonds is 5.